The molecule has 0 radical (unpaired) electrons. The summed E-state index contributed by atoms with van der Waals surface area (Å²) in [6.07, 6.45) is 2.27. The van der Waals surface area contributed by atoms with Crippen LogP contribution >= 0.6 is 11.8 Å². The zero-order chi connectivity index (χ0) is 30.0. The van der Waals surface area contributed by atoms with Gasteiger partial charge in [0.25, 0.3) is 10.0 Å². The highest BCUT2D eigenvalue weighted by Gasteiger charge is 2.34. The number of hydrogen-bond donors (Lipinski definition) is 1. The lowest BCUT2D eigenvalue weighted by Crippen LogP contribution is -2.52. The van der Waals surface area contributed by atoms with E-state index in [1.165, 1.54) is 28.8 Å². The normalized spacial score (nSPS) is 11.9. The van der Waals surface area contributed by atoms with Crippen LogP contribution in [0.5, 0.6) is 5.75 Å². The van der Waals surface area contributed by atoms with Crippen molar-refractivity contribution in [3.63, 3.8) is 0 Å². The van der Waals surface area contributed by atoms with E-state index >= 15 is 0 Å². The van der Waals surface area contributed by atoms with Crippen molar-refractivity contribution in [1.29, 1.82) is 0 Å². The van der Waals surface area contributed by atoms with E-state index in [9.17, 15) is 18.0 Å². The molecule has 2 amide bonds. The number of para-hydroxylation sites is 2. The molecule has 0 spiro atoms. The molecule has 10 heteroatoms. The molecule has 3 rings (SSSR count). The largest absolute Gasteiger partial charge is 0.492 e. The summed E-state index contributed by atoms with van der Waals surface area (Å²) in [5.74, 6) is -0.441. The maximum absolute atomic E-state index is 14.2. The maximum Gasteiger partial charge on any atom is 0.264 e. The summed E-state index contributed by atoms with van der Waals surface area (Å²) >= 11 is 1.50. The quantitative estimate of drug-likeness (QED) is 0.255. The molecule has 3 aromatic rings. The zero-order valence-electron chi connectivity index (χ0n) is 24.3. The maximum atomic E-state index is 14.2. The third kappa shape index (κ3) is 7.83. The molecular weight excluding hydrogens is 558 g/mol. The van der Waals surface area contributed by atoms with Gasteiger partial charge in [-0.05, 0) is 81.0 Å². The number of carbonyl (C=O) groups excluding carboxylic acids is 2. The fourth-order valence-electron chi connectivity index (χ4n) is 4.51. The van der Waals surface area contributed by atoms with Crippen LogP contribution in [0.3, 0.4) is 0 Å². The minimum absolute atomic E-state index is 0.0515. The summed E-state index contributed by atoms with van der Waals surface area (Å²) in [6.45, 7) is 7.78. The van der Waals surface area contributed by atoms with Gasteiger partial charge in [-0.2, -0.15) is 0 Å². The molecular formula is C31H39N3O5S2. The topological polar surface area (TPSA) is 96.0 Å². The van der Waals surface area contributed by atoms with Crippen molar-refractivity contribution in [3.05, 3.63) is 83.9 Å². The molecule has 0 aliphatic heterocycles. The number of likely N-dealkylation sites (N-methyl/N-ethyl adjacent to an activating group) is 1. The van der Waals surface area contributed by atoms with E-state index in [1.54, 1.807) is 36.4 Å². The van der Waals surface area contributed by atoms with E-state index in [2.05, 4.69) is 5.32 Å². The van der Waals surface area contributed by atoms with Gasteiger partial charge in [-0.1, -0.05) is 43.3 Å². The van der Waals surface area contributed by atoms with Crippen molar-refractivity contribution < 1.29 is 22.7 Å². The van der Waals surface area contributed by atoms with Crippen LogP contribution in [-0.2, 0) is 26.2 Å². The molecule has 41 heavy (non-hydrogen) atoms. The van der Waals surface area contributed by atoms with Gasteiger partial charge in [0.2, 0.25) is 11.8 Å². The molecule has 0 saturated carbocycles. The molecule has 0 aliphatic rings. The van der Waals surface area contributed by atoms with Crippen molar-refractivity contribution in [1.82, 2.24) is 10.2 Å². The van der Waals surface area contributed by atoms with Crippen LogP contribution in [0.2, 0.25) is 0 Å². The number of nitrogens with zero attached hydrogens (tertiary/aromatic N) is 2. The number of ether oxygens (including phenoxy) is 1. The van der Waals surface area contributed by atoms with E-state index in [1.807, 2.05) is 58.2 Å². The average Bonchev–Trinajstić information content (AvgIpc) is 2.97. The fraction of sp³-hybridized carbons (Fsp3) is 0.355. The molecule has 0 saturated heterocycles. The summed E-state index contributed by atoms with van der Waals surface area (Å²) in [4.78, 5) is 29.8. The van der Waals surface area contributed by atoms with Crippen molar-refractivity contribution in [2.24, 2.45) is 0 Å². The third-order valence-corrected chi connectivity index (χ3v) is 9.22. The Morgan fingerprint density at radius 3 is 2.22 bits per heavy atom. The zero-order valence-corrected chi connectivity index (χ0v) is 25.9. The highest BCUT2D eigenvalue weighted by Crippen LogP contribution is 2.33. The fourth-order valence-corrected chi connectivity index (χ4v) is 6.34. The van der Waals surface area contributed by atoms with Gasteiger partial charge < -0.3 is 15.0 Å². The Kier molecular flexibility index (Phi) is 11.7. The van der Waals surface area contributed by atoms with E-state index in [4.69, 9.17) is 4.74 Å². The third-order valence-electron chi connectivity index (χ3n) is 6.70. The van der Waals surface area contributed by atoms with Crippen molar-refractivity contribution in [2.75, 3.05) is 30.3 Å². The van der Waals surface area contributed by atoms with Crippen molar-refractivity contribution in [2.45, 2.75) is 56.5 Å². The minimum atomic E-state index is -4.20. The van der Waals surface area contributed by atoms with Crippen LogP contribution in [0.25, 0.3) is 0 Å². The molecule has 1 N–H and O–H groups in total. The summed E-state index contributed by atoms with van der Waals surface area (Å²) in [6, 6.07) is 20.2. The van der Waals surface area contributed by atoms with Crippen LogP contribution in [-0.4, -0.2) is 57.1 Å². The van der Waals surface area contributed by atoms with Crippen LogP contribution < -0.4 is 14.4 Å². The lowest BCUT2D eigenvalue weighted by molar-refractivity contribution is -0.140. The van der Waals surface area contributed by atoms with Gasteiger partial charge in [-0.3, -0.25) is 13.9 Å². The van der Waals surface area contributed by atoms with Crippen LogP contribution in [0.15, 0.2) is 82.6 Å². The Hall–Kier alpha value is -3.50. The van der Waals surface area contributed by atoms with Gasteiger partial charge in [-0.25, -0.2) is 8.42 Å². The molecule has 0 bridgehead atoms. The number of nitrogens with one attached hydrogen (secondary N) is 1. The van der Waals surface area contributed by atoms with E-state index in [-0.39, 0.29) is 23.0 Å². The van der Waals surface area contributed by atoms with Gasteiger partial charge in [0.05, 0.1) is 17.2 Å². The molecule has 0 unspecified atom stereocenters. The number of thioether (sulfide) groups is 1. The second-order valence-corrected chi connectivity index (χ2v) is 12.1. The summed E-state index contributed by atoms with van der Waals surface area (Å²) < 4.78 is 35.2. The SMILES string of the molecule is CCNC(=O)[C@@H](CC)N(Cc1ccccc1C)C(=O)CN(c1ccccc1OCC)S(=O)(=O)c1ccc(SC)cc1. The summed E-state index contributed by atoms with van der Waals surface area (Å²) in [5.41, 5.74) is 2.09. The molecule has 3 aromatic carbocycles. The number of benzene rings is 3. The van der Waals surface area contributed by atoms with E-state index < -0.39 is 28.5 Å². The van der Waals surface area contributed by atoms with Crippen LogP contribution in [0.1, 0.15) is 38.3 Å². The van der Waals surface area contributed by atoms with Crippen LogP contribution in [0.4, 0.5) is 5.69 Å². The number of amides is 2. The number of hydrogen-bond acceptors (Lipinski definition) is 6. The summed E-state index contributed by atoms with van der Waals surface area (Å²) in [5, 5.41) is 2.82. The molecule has 8 nitrogen and oxygen atoms in total. The Labute approximate surface area is 248 Å². The van der Waals surface area contributed by atoms with Gasteiger partial charge in [0, 0.05) is 18.0 Å². The van der Waals surface area contributed by atoms with Crippen molar-refractivity contribution in [3.8, 4) is 5.75 Å². The van der Waals surface area contributed by atoms with Gasteiger partial charge in [0.15, 0.2) is 0 Å². The smallest absolute Gasteiger partial charge is 0.264 e. The number of carbonyl (C=O) groups is 2. The predicted octanol–water partition coefficient (Wildman–Crippen LogP) is 5.25. The number of aryl methyl sites for hydroxylation is 1. The first-order valence-electron chi connectivity index (χ1n) is 13.7. The first kappa shape index (κ1) is 32.0. The lowest BCUT2D eigenvalue weighted by atomic mass is 10.1. The van der Waals surface area contributed by atoms with Gasteiger partial charge in [0.1, 0.15) is 18.3 Å². The monoisotopic (exact) mass is 597 g/mol. The molecule has 0 fully saturated rings. The number of rotatable bonds is 14. The second-order valence-electron chi connectivity index (χ2n) is 9.35. The second kappa shape index (κ2) is 14.9. The highest BCUT2D eigenvalue weighted by atomic mass is 32.2. The Bertz CT molecular complexity index is 1430. The summed E-state index contributed by atoms with van der Waals surface area (Å²) in [7, 11) is -4.20. The Morgan fingerprint density at radius 2 is 1.61 bits per heavy atom. The Balaban J connectivity index is 2.12. The highest BCUT2D eigenvalue weighted by molar-refractivity contribution is 7.98. The Morgan fingerprint density at radius 1 is 0.951 bits per heavy atom. The van der Waals surface area contributed by atoms with Crippen LogP contribution in [0, 0.1) is 6.92 Å². The van der Waals surface area contributed by atoms with Gasteiger partial charge in [-0.15, -0.1) is 11.8 Å². The molecule has 1 atom stereocenters. The molecule has 220 valence electrons. The standard InChI is InChI=1S/C31H39N3O5S2/c1-6-27(31(36)32-7-2)33(21-24-14-10-9-13-23(24)4)30(35)22-34(28-15-11-12-16-29(28)39-8-3)41(37,38)26-19-17-25(40-5)18-20-26/h9-20,27H,6-8,21-22H2,1-5H3,(H,32,36)/t27-/m1/s1. The average molecular weight is 598 g/mol. The van der Waals surface area contributed by atoms with Gasteiger partial charge >= 0.3 is 0 Å². The first-order valence-corrected chi connectivity index (χ1v) is 16.3. The van der Waals surface area contributed by atoms with Crippen molar-refractivity contribution >= 4 is 39.3 Å². The number of sulfonamides is 1. The first-order chi connectivity index (χ1) is 19.7. The van der Waals surface area contributed by atoms with E-state index in [0.29, 0.717) is 25.3 Å². The van der Waals surface area contributed by atoms with E-state index in [0.717, 1.165) is 20.3 Å². The lowest BCUT2D eigenvalue weighted by Gasteiger charge is -2.33. The minimum Gasteiger partial charge on any atom is -0.492 e. The molecule has 0 aromatic heterocycles. The molecule has 0 heterocycles. The number of anilines is 1. The predicted molar refractivity (Wildman–Crippen MR) is 165 cm³/mol. The molecule has 0 aliphatic carbocycles.